The van der Waals surface area contributed by atoms with Crippen molar-refractivity contribution in [3.05, 3.63) is 29.8 Å². The molecule has 3 nitrogen and oxygen atoms in total. The van der Waals surface area contributed by atoms with E-state index in [4.69, 9.17) is 0 Å². The number of likely N-dealkylation sites (N-methyl/N-ethyl adjacent to an activating group) is 1. The molecule has 1 fully saturated rings. The predicted molar refractivity (Wildman–Crippen MR) is 78.1 cm³/mol. The van der Waals surface area contributed by atoms with E-state index in [1.807, 2.05) is 7.05 Å². The molecule has 0 aromatic heterocycles. The summed E-state index contributed by atoms with van der Waals surface area (Å²) in [5.41, 5.74) is 2.80. The predicted octanol–water partition coefficient (Wildman–Crippen LogP) is 1.94. The van der Waals surface area contributed by atoms with Crippen LogP contribution < -0.4 is 10.2 Å². The molecule has 1 aliphatic rings. The number of rotatable bonds is 3. The van der Waals surface area contributed by atoms with E-state index in [-0.39, 0.29) is 0 Å². The lowest BCUT2D eigenvalue weighted by Gasteiger charge is -2.32. The Morgan fingerprint density at radius 2 is 2.06 bits per heavy atom. The zero-order valence-corrected chi connectivity index (χ0v) is 11.8. The van der Waals surface area contributed by atoms with Crippen LogP contribution in [0.4, 0.5) is 5.69 Å². The minimum Gasteiger partial charge on any atom is -0.367 e. The molecule has 0 saturated carbocycles. The lowest BCUT2D eigenvalue weighted by Crippen LogP contribution is -2.38. The molecule has 0 spiro atoms. The van der Waals surface area contributed by atoms with Crippen molar-refractivity contribution in [2.45, 2.75) is 25.9 Å². The fraction of sp³-hybridized carbons (Fsp3) is 0.600. The summed E-state index contributed by atoms with van der Waals surface area (Å²) in [5.74, 6) is 0. The highest BCUT2D eigenvalue weighted by Crippen LogP contribution is 2.24. The number of anilines is 1. The molecule has 3 heteroatoms. The second-order valence-corrected chi connectivity index (χ2v) is 5.32. The largest absolute Gasteiger partial charge is 0.367 e. The zero-order chi connectivity index (χ0) is 13.0. The third-order valence-electron chi connectivity index (χ3n) is 3.72. The molecule has 1 saturated heterocycles. The SMILES string of the molecule is CNCc1ccccc1N1CCCN(C)CC1C. The highest BCUT2D eigenvalue weighted by molar-refractivity contribution is 5.54. The Kier molecular flexibility index (Phi) is 4.61. The molecule has 1 aromatic carbocycles. The third kappa shape index (κ3) is 3.03. The van der Waals surface area contributed by atoms with Crippen molar-refractivity contribution < 1.29 is 0 Å². The Balaban J connectivity index is 2.23. The average Bonchev–Trinajstić information content (AvgIpc) is 2.51. The molecule has 18 heavy (non-hydrogen) atoms. The van der Waals surface area contributed by atoms with Crippen LogP contribution in [0.5, 0.6) is 0 Å². The van der Waals surface area contributed by atoms with E-state index < -0.39 is 0 Å². The monoisotopic (exact) mass is 247 g/mol. The molecular formula is C15H25N3. The normalized spacial score (nSPS) is 21.9. The molecular weight excluding hydrogens is 222 g/mol. The summed E-state index contributed by atoms with van der Waals surface area (Å²) in [6, 6.07) is 9.35. The van der Waals surface area contributed by atoms with Crippen LogP contribution in [0.3, 0.4) is 0 Å². The van der Waals surface area contributed by atoms with Crippen molar-refractivity contribution in [1.29, 1.82) is 0 Å². The molecule has 1 heterocycles. The van der Waals surface area contributed by atoms with Crippen LogP contribution in [-0.4, -0.2) is 44.7 Å². The second kappa shape index (κ2) is 6.21. The molecule has 0 radical (unpaired) electrons. The summed E-state index contributed by atoms with van der Waals surface area (Å²) < 4.78 is 0. The Labute approximate surface area is 111 Å². The van der Waals surface area contributed by atoms with Gasteiger partial charge < -0.3 is 15.1 Å². The van der Waals surface area contributed by atoms with E-state index in [1.54, 1.807) is 0 Å². The Morgan fingerprint density at radius 3 is 2.83 bits per heavy atom. The summed E-state index contributed by atoms with van der Waals surface area (Å²) in [4.78, 5) is 5.00. The van der Waals surface area contributed by atoms with Gasteiger partial charge in [-0.15, -0.1) is 0 Å². The van der Waals surface area contributed by atoms with E-state index in [0.29, 0.717) is 6.04 Å². The van der Waals surface area contributed by atoms with Gasteiger partial charge in [-0.1, -0.05) is 18.2 Å². The van der Waals surface area contributed by atoms with E-state index >= 15 is 0 Å². The summed E-state index contributed by atoms with van der Waals surface area (Å²) >= 11 is 0. The Morgan fingerprint density at radius 1 is 1.28 bits per heavy atom. The van der Waals surface area contributed by atoms with Crippen LogP contribution in [0.2, 0.25) is 0 Å². The number of benzene rings is 1. The van der Waals surface area contributed by atoms with Gasteiger partial charge in [-0.25, -0.2) is 0 Å². The zero-order valence-electron chi connectivity index (χ0n) is 11.8. The summed E-state index contributed by atoms with van der Waals surface area (Å²) in [7, 11) is 4.23. The minimum absolute atomic E-state index is 0.579. The lowest BCUT2D eigenvalue weighted by atomic mass is 10.1. The van der Waals surface area contributed by atoms with Crippen molar-refractivity contribution in [2.24, 2.45) is 0 Å². The topological polar surface area (TPSA) is 18.5 Å². The first-order valence-corrected chi connectivity index (χ1v) is 6.90. The Bertz CT molecular complexity index is 378. The van der Waals surface area contributed by atoms with Gasteiger partial charge in [-0.2, -0.15) is 0 Å². The van der Waals surface area contributed by atoms with Gasteiger partial charge in [-0.3, -0.25) is 0 Å². The first-order valence-electron chi connectivity index (χ1n) is 6.90. The van der Waals surface area contributed by atoms with Crippen LogP contribution in [0.1, 0.15) is 18.9 Å². The van der Waals surface area contributed by atoms with E-state index in [1.165, 1.54) is 24.2 Å². The molecule has 0 bridgehead atoms. The number of hydrogen-bond acceptors (Lipinski definition) is 3. The van der Waals surface area contributed by atoms with Gasteiger partial charge in [0.25, 0.3) is 0 Å². The van der Waals surface area contributed by atoms with Crippen LogP contribution in [0.25, 0.3) is 0 Å². The van der Waals surface area contributed by atoms with Crippen molar-refractivity contribution in [2.75, 3.05) is 38.6 Å². The molecule has 0 aliphatic carbocycles. The maximum atomic E-state index is 3.27. The first kappa shape index (κ1) is 13.4. The number of para-hydroxylation sites is 1. The number of hydrogen-bond donors (Lipinski definition) is 1. The second-order valence-electron chi connectivity index (χ2n) is 5.32. The number of nitrogens with one attached hydrogen (secondary N) is 1. The first-order chi connectivity index (χ1) is 8.72. The summed E-state index contributed by atoms with van der Waals surface area (Å²) in [6.07, 6.45) is 1.24. The van der Waals surface area contributed by atoms with Gasteiger partial charge in [0, 0.05) is 31.4 Å². The standard InChI is InChI=1S/C15H25N3/c1-13-12-17(3)9-6-10-18(13)15-8-5-4-7-14(15)11-16-2/h4-5,7-8,13,16H,6,9-12H2,1-3H3. The molecule has 100 valence electrons. The molecule has 2 rings (SSSR count). The molecule has 1 unspecified atom stereocenters. The molecule has 0 amide bonds. The molecule has 1 aliphatic heterocycles. The smallest absolute Gasteiger partial charge is 0.0414 e. The average molecular weight is 247 g/mol. The highest BCUT2D eigenvalue weighted by atomic mass is 15.2. The minimum atomic E-state index is 0.579. The van der Waals surface area contributed by atoms with Gasteiger partial charge in [0.1, 0.15) is 0 Å². The molecule has 1 atom stereocenters. The van der Waals surface area contributed by atoms with Crippen molar-refractivity contribution >= 4 is 5.69 Å². The fourth-order valence-corrected chi connectivity index (χ4v) is 2.86. The van der Waals surface area contributed by atoms with Gasteiger partial charge in [0.05, 0.1) is 0 Å². The number of nitrogens with zero attached hydrogens (tertiary/aromatic N) is 2. The van der Waals surface area contributed by atoms with Crippen molar-refractivity contribution in [1.82, 2.24) is 10.2 Å². The molecule has 1 aromatic rings. The highest BCUT2D eigenvalue weighted by Gasteiger charge is 2.21. The van der Waals surface area contributed by atoms with Gasteiger partial charge >= 0.3 is 0 Å². The van der Waals surface area contributed by atoms with Crippen LogP contribution in [0.15, 0.2) is 24.3 Å². The van der Waals surface area contributed by atoms with Gasteiger partial charge in [-0.05, 0) is 45.6 Å². The maximum absolute atomic E-state index is 3.27. The van der Waals surface area contributed by atoms with Crippen LogP contribution in [0, 0.1) is 0 Å². The van der Waals surface area contributed by atoms with Crippen LogP contribution >= 0.6 is 0 Å². The van der Waals surface area contributed by atoms with E-state index in [0.717, 1.165) is 19.6 Å². The van der Waals surface area contributed by atoms with E-state index in [2.05, 4.69) is 53.4 Å². The quantitative estimate of drug-likeness (QED) is 0.880. The summed E-state index contributed by atoms with van der Waals surface area (Å²) in [6.45, 7) is 6.78. The van der Waals surface area contributed by atoms with Crippen molar-refractivity contribution in [3.63, 3.8) is 0 Å². The van der Waals surface area contributed by atoms with Gasteiger partial charge in [0.2, 0.25) is 0 Å². The Hall–Kier alpha value is -1.06. The van der Waals surface area contributed by atoms with Crippen LogP contribution in [-0.2, 0) is 6.54 Å². The summed E-state index contributed by atoms with van der Waals surface area (Å²) in [5, 5.41) is 3.27. The van der Waals surface area contributed by atoms with Crippen molar-refractivity contribution in [3.8, 4) is 0 Å². The third-order valence-corrected chi connectivity index (χ3v) is 3.72. The molecule has 1 N–H and O–H groups in total. The lowest BCUT2D eigenvalue weighted by molar-refractivity contribution is 0.337. The van der Waals surface area contributed by atoms with E-state index in [9.17, 15) is 0 Å². The maximum Gasteiger partial charge on any atom is 0.0414 e. The van der Waals surface area contributed by atoms with Gasteiger partial charge in [0.15, 0.2) is 0 Å². The fourth-order valence-electron chi connectivity index (χ4n) is 2.86.